The number of aromatic nitrogens is 4. The van der Waals surface area contributed by atoms with Gasteiger partial charge in [0.15, 0.2) is 0 Å². The van der Waals surface area contributed by atoms with E-state index in [0.717, 1.165) is 72.3 Å². The van der Waals surface area contributed by atoms with Gasteiger partial charge in [-0.1, -0.05) is 73.1 Å². The monoisotopic (exact) mass is 706 g/mol. The molecule has 4 nitrogen and oxygen atoms in total. The SMILES string of the molecule is Cc1cc(C)c(-c2c3nc(c4ccc([nH]4)c(-c4c(C)cc(C)cc4C)c4ccc([nH]4)c(-c4ccc(C#C[Si](C)(C)C)cc4)c4ccc2[nH]4)C=C3)c(C)c1. The molecule has 0 amide bonds. The molecule has 4 aromatic heterocycles. The molecule has 262 valence electrons. The Morgan fingerprint density at radius 2 is 0.868 bits per heavy atom. The van der Waals surface area contributed by atoms with E-state index in [0.29, 0.717) is 0 Å². The molecular weight excluding hydrogens is 661 g/mol. The Morgan fingerprint density at radius 1 is 0.453 bits per heavy atom. The van der Waals surface area contributed by atoms with Gasteiger partial charge in [-0.05, 0) is 141 Å². The van der Waals surface area contributed by atoms with Crippen LogP contribution in [0.5, 0.6) is 0 Å². The van der Waals surface area contributed by atoms with Crippen LogP contribution in [0.15, 0.2) is 84.9 Å². The Kier molecular flexibility index (Phi) is 8.39. The third-order valence-electron chi connectivity index (χ3n) is 10.2. The summed E-state index contributed by atoms with van der Waals surface area (Å²) < 4.78 is 0. The van der Waals surface area contributed by atoms with E-state index in [2.05, 4.69) is 185 Å². The number of benzene rings is 3. The summed E-state index contributed by atoms with van der Waals surface area (Å²) in [6.07, 6.45) is 4.30. The van der Waals surface area contributed by atoms with Gasteiger partial charge < -0.3 is 15.0 Å². The van der Waals surface area contributed by atoms with Gasteiger partial charge in [0.25, 0.3) is 0 Å². The van der Waals surface area contributed by atoms with E-state index in [1.54, 1.807) is 0 Å². The number of hydrogen-bond acceptors (Lipinski definition) is 1. The van der Waals surface area contributed by atoms with E-state index in [-0.39, 0.29) is 0 Å². The standard InChI is InChI=1S/C48H46N4Si/c1-28-24-30(3)44(31(4)25-28)47-40-16-14-36(49-40)37-15-17-41(50-37)48(45-32(5)26-29(2)27-33(45)6)43-21-19-39(52-43)46(38-18-20-42(47)51-38)35-12-10-34(11-13-35)22-23-53(7,8)9/h10-21,24-27,49,51-52H,1-9H3. The first kappa shape index (κ1) is 34.3. The van der Waals surface area contributed by atoms with E-state index >= 15 is 0 Å². The number of aryl methyl sites for hydroxylation is 6. The summed E-state index contributed by atoms with van der Waals surface area (Å²) in [6.45, 7) is 20.0. The maximum atomic E-state index is 5.32. The predicted molar refractivity (Wildman–Crippen MR) is 230 cm³/mol. The highest BCUT2D eigenvalue weighted by atomic mass is 28.3. The molecule has 5 heteroatoms. The second kappa shape index (κ2) is 13.0. The van der Waals surface area contributed by atoms with E-state index in [1.807, 2.05) is 0 Å². The number of nitrogens with one attached hydrogen (secondary N) is 3. The zero-order valence-electron chi connectivity index (χ0n) is 32.2. The molecule has 0 spiro atoms. The van der Waals surface area contributed by atoms with Crippen LogP contribution in [0.1, 0.15) is 50.3 Å². The number of H-pyrrole nitrogens is 3. The highest BCUT2D eigenvalue weighted by Crippen LogP contribution is 2.39. The lowest BCUT2D eigenvalue weighted by atomic mass is 9.92. The van der Waals surface area contributed by atoms with Crippen LogP contribution >= 0.6 is 0 Å². The van der Waals surface area contributed by atoms with Gasteiger partial charge >= 0.3 is 0 Å². The van der Waals surface area contributed by atoms with Gasteiger partial charge in [-0.3, -0.25) is 0 Å². The van der Waals surface area contributed by atoms with Gasteiger partial charge in [-0.15, -0.1) is 5.54 Å². The third-order valence-corrected chi connectivity index (χ3v) is 11.1. The van der Waals surface area contributed by atoms with Crippen LogP contribution in [0.2, 0.25) is 19.6 Å². The summed E-state index contributed by atoms with van der Waals surface area (Å²) in [4.78, 5) is 16.9. The molecule has 8 bridgehead atoms. The van der Waals surface area contributed by atoms with Crippen molar-refractivity contribution >= 4 is 53.3 Å². The molecule has 7 aromatic rings. The summed E-state index contributed by atoms with van der Waals surface area (Å²) >= 11 is 0. The zero-order valence-corrected chi connectivity index (χ0v) is 33.2. The van der Waals surface area contributed by atoms with Crippen LogP contribution in [-0.2, 0) is 0 Å². The average Bonchev–Trinajstić information content (AvgIpc) is 3.92. The summed E-state index contributed by atoms with van der Waals surface area (Å²) in [5, 5.41) is 0. The predicted octanol–water partition coefficient (Wildman–Crippen LogP) is 12.8. The van der Waals surface area contributed by atoms with Gasteiger partial charge in [0.05, 0.1) is 16.9 Å². The summed E-state index contributed by atoms with van der Waals surface area (Å²) in [6, 6.07) is 31.1. The lowest BCUT2D eigenvalue weighted by molar-refractivity contribution is 1.29. The van der Waals surface area contributed by atoms with Crippen molar-refractivity contribution in [2.24, 2.45) is 0 Å². The molecule has 0 atom stereocenters. The lowest BCUT2D eigenvalue weighted by Crippen LogP contribution is -2.16. The topological polar surface area (TPSA) is 60.3 Å². The van der Waals surface area contributed by atoms with Crippen LogP contribution in [-0.4, -0.2) is 28.0 Å². The fourth-order valence-corrected chi connectivity index (χ4v) is 8.63. The second-order valence-corrected chi connectivity index (χ2v) is 20.6. The van der Waals surface area contributed by atoms with Crippen molar-refractivity contribution in [1.29, 1.82) is 0 Å². The van der Waals surface area contributed by atoms with Crippen molar-refractivity contribution < 1.29 is 0 Å². The maximum Gasteiger partial charge on any atom is 0.129 e. The molecule has 1 aliphatic rings. The van der Waals surface area contributed by atoms with E-state index < -0.39 is 8.07 Å². The Bertz CT molecular complexity index is 2770. The Balaban J connectivity index is 1.53. The number of rotatable bonds is 3. The third kappa shape index (κ3) is 6.45. The van der Waals surface area contributed by atoms with Crippen LogP contribution in [0, 0.1) is 53.0 Å². The average molecular weight is 707 g/mol. The minimum absolute atomic E-state index is 0.918. The molecule has 0 unspecified atom stereocenters. The first-order chi connectivity index (χ1) is 25.3. The lowest BCUT2D eigenvalue weighted by Gasteiger charge is -2.13. The van der Waals surface area contributed by atoms with Gasteiger partial charge in [0.1, 0.15) is 8.07 Å². The summed E-state index contributed by atoms with van der Waals surface area (Å²) in [5.41, 5.74) is 26.9. The molecule has 1 aliphatic heterocycles. The maximum absolute atomic E-state index is 5.32. The van der Waals surface area contributed by atoms with Crippen LogP contribution < -0.4 is 0 Å². The van der Waals surface area contributed by atoms with Gasteiger partial charge in [-0.25, -0.2) is 4.98 Å². The molecule has 8 rings (SSSR count). The van der Waals surface area contributed by atoms with Crippen molar-refractivity contribution in [1.82, 2.24) is 19.9 Å². The first-order valence-electron chi connectivity index (χ1n) is 18.5. The molecule has 3 aromatic carbocycles. The minimum Gasteiger partial charge on any atom is -0.354 e. The molecule has 0 radical (unpaired) electrons. The largest absolute Gasteiger partial charge is 0.354 e. The highest BCUT2D eigenvalue weighted by molar-refractivity contribution is 6.83. The Labute approximate surface area is 313 Å². The number of nitrogens with zero attached hydrogens (tertiary/aromatic N) is 1. The minimum atomic E-state index is -1.51. The van der Waals surface area contributed by atoms with E-state index in [4.69, 9.17) is 4.98 Å². The van der Waals surface area contributed by atoms with Crippen molar-refractivity contribution in [3.63, 3.8) is 0 Å². The fraction of sp³-hybridized carbons (Fsp3) is 0.188. The molecular formula is C48H46N4Si. The van der Waals surface area contributed by atoms with E-state index in [9.17, 15) is 0 Å². The van der Waals surface area contributed by atoms with Crippen molar-refractivity contribution in [3.8, 4) is 44.8 Å². The smallest absolute Gasteiger partial charge is 0.129 e. The number of hydrogen-bond donors (Lipinski definition) is 3. The second-order valence-electron chi connectivity index (χ2n) is 15.8. The Hall–Kier alpha value is -5.83. The van der Waals surface area contributed by atoms with Crippen molar-refractivity contribution in [3.05, 3.63) is 135 Å². The van der Waals surface area contributed by atoms with E-state index in [1.165, 1.54) is 44.5 Å². The molecule has 0 fully saturated rings. The van der Waals surface area contributed by atoms with Gasteiger partial charge in [-0.2, -0.15) is 0 Å². The molecule has 3 N–H and O–H groups in total. The van der Waals surface area contributed by atoms with Crippen molar-refractivity contribution in [2.45, 2.75) is 61.2 Å². The van der Waals surface area contributed by atoms with Gasteiger partial charge in [0.2, 0.25) is 0 Å². The number of aromatic amines is 3. The normalized spacial score (nSPS) is 12.0. The van der Waals surface area contributed by atoms with Gasteiger partial charge in [0, 0.05) is 49.8 Å². The summed E-state index contributed by atoms with van der Waals surface area (Å²) in [7, 11) is -1.51. The molecule has 53 heavy (non-hydrogen) atoms. The molecule has 0 saturated carbocycles. The molecule has 5 heterocycles. The fourth-order valence-electron chi connectivity index (χ4n) is 8.12. The van der Waals surface area contributed by atoms with Crippen LogP contribution in [0.25, 0.3) is 78.6 Å². The van der Waals surface area contributed by atoms with Crippen LogP contribution in [0.4, 0.5) is 0 Å². The van der Waals surface area contributed by atoms with Crippen LogP contribution in [0.3, 0.4) is 0 Å². The Morgan fingerprint density at radius 3 is 1.38 bits per heavy atom. The molecule has 0 aliphatic carbocycles. The zero-order chi connectivity index (χ0) is 37.2. The van der Waals surface area contributed by atoms with Crippen molar-refractivity contribution in [2.75, 3.05) is 0 Å². The summed E-state index contributed by atoms with van der Waals surface area (Å²) in [5.74, 6) is 3.44. The highest BCUT2D eigenvalue weighted by Gasteiger charge is 2.19. The first-order valence-corrected chi connectivity index (χ1v) is 22.0. The number of fused-ring (bicyclic) bond motifs is 9. The molecule has 0 saturated heterocycles. The quantitative estimate of drug-likeness (QED) is 0.124.